The van der Waals surface area contributed by atoms with Gasteiger partial charge in [0.25, 0.3) is 0 Å². The molecule has 1 aliphatic rings. The Morgan fingerprint density at radius 3 is 2.10 bits per heavy atom. The Labute approximate surface area is 66.9 Å². The van der Waals surface area contributed by atoms with Crippen molar-refractivity contribution in [1.82, 2.24) is 3.93 Å². The maximum absolute atomic E-state index is 11.0. The van der Waals surface area contributed by atoms with E-state index in [0.29, 0.717) is 0 Å². The van der Waals surface area contributed by atoms with Crippen LogP contribution in [-0.4, -0.2) is 21.4 Å². The molecule has 0 spiro atoms. The van der Waals surface area contributed by atoms with E-state index in [1.165, 1.54) is 3.93 Å². The van der Waals surface area contributed by atoms with Gasteiger partial charge in [0.1, 0.15) is 0 Å². The Bertz CT molecular complexity index is 202. The van der Waals surface area contributed by atoms with Gasteiger partial charge in [0.05, 0.1) is 16.1 Å². The number of amides is 3. The van der Waals surface area contributed by atoms with E-state index in [2.05, 4.69) is 16.1 Å². The zero-order chi connectivity index (χ0) is 7.94. The third-order valence-electron chi connectivity index (χ3n) is 1.54. The molecule has 5 heteroatoms. The zero-order valence-corrected chi connectivity index (χ0v) is 7.31. The van der Waals surface area contributed by atoms with Crippen LogP contribution in [0.25, 0.3) is 0 Å². The second kappa shape index (κ2) is 2.03. The lowest BCUT2D eigenvalue weighted by Gasteiger charge is -2.15. The molecule has 1 saturated heterocycles. The van der Waals surface area contributed by atoms with Crippen LogP contribution in [0.1, 0.15) is 13.8 Å². The van der Waals surface area contributed by atoms with Crippen molar-refractivity contribution in [1.29, 1.82) is 0 Å². The third-order valence-corrected chi connectivity index (χ3v) is 2.78. The fraction of sp³-hybridized carbons (Fsp3) is 0.600. The maximum atomic E-state index is 11.0. The van der Waals surface area contributed by atoms with E-state index in [-0.39, 0.29) is 11.9 Å². The van der Waals surface area contributed by atoms with Crippen molar-refractivity contribution < 1.29 is 14.9 Å². The molecule has 1 aliphatic heterocycles. The van der Waals surface area contributed by atoms with Crippen molar-refractivity contribution in [2.24, 2.45) is 0 Å². The zero-order valence-electron chi connectivity index (χ0n) is 5.72. The molecule has 1 rings (SSSR count). The molecule has 1 fully saturated rings. The van der Waals surface area contributed by atoms with Crippen molar-refractivity contribution in [3.8, 4) is 0 Å². The van der Waals surface area contributed by atoms with Crippen LogP contribution in [0.3, 0.4) is 0 Å². The Morgan fingerprint density at radius 1 is 1.50 bits per heavy atom. The molecule has 0 aromatic carbocycles. The number of hydrogen-bond donors (Lipinski definition) is 1. The van der Waals surface area contributed by atoms with E-state index in [9.17, 15) is 9.59 Å². The Kier molecular flexibility index (Phi) is 1.56. The van der Waals surface area contributed by atoms with Crippen LogP contribution in [0, 0.1) is 0 Å². The first-order valence-electron chi connectivity index (χ1n) is 2.85. The van der Waals surface area contributed by atoms with Crippen molar-refractivity contribution in [3.63, 3.8) is 0 Å². The minimum Gasteiger partial charge on any atom is -0.228 e. The Morgan fingerprint density at radius 2 is 2.00 bits per heavy atom. The number of carbonyl (C=O) groups excluding carboxylic acids is 2. The van der Waals surface area contributed by atoms with E-state index in [0.717, 1.165) is 5.32 Å². The van der Waals surface area contributed by atoms with Crippen LogP contribution < -0.4 is 5.32 Å². The highest BCUT2D eigenvalue weighted by Crippen LogP contribution is 2.19. The van der Waals surface area contributed by atoms with Crippen molar-refractivity contribution in [2.45, 2.75) is 19.4 Å². The SMILES string of the molecule is CC1(C)C(=O)[NH2+]C(=O)N1Br. The lowest BCUT2D eigenvalue weighted by Crippen LogP contribution is -2.89. The number of nitrogens with zero attached hydrogens (tertiary/aromatic N) is 1. The summed E-state index contributed by atoms with van der Waals surface area (Å²) in [4.78, 5) is 21.8. The van der Waals surface area contributed by atoms with Gasteiger partial charge in [-0.2, -0.15) is 5.32 Å². The molecule has 1 heterocycles. The fourth-order valence-electron chi connectivity index (χ4n) is 0.718. The molecule has 0 aromatic heterocycles. The number of carbonyl (C=O) groups is 2. The van der Waals surface area contributed by atoms with Crippen LogP contribution in [0.15, 0.2) is 0 Å². The molecule has 0 aromatic rings. The predicted molar refractivity (Wildman–Crippen MR) is 37.2 cm³/mol. The van der Waals surface area contributed by atoms with Gasteiger partial charge in [0, 0.05) is 0 Å². The number of urea groups is 1. The highest BCUT2D eigenvalue weighted by Gasteiger charge is 2.50. The van der Waals surface area contributed by atoms with Crippen molar-refractivity contribution >= 4 is 28.1 Å². The fourth-order valence-corrected chi connectivity index (χ4v) is 0.995. The van der Waals surface area contributed by atoms with E-state index < -0.39 is 5.54 Å². The number of imide groups is 1. The summed E-state index contributed by atoms with van der Waals surface area (Å²) in [5.41, 5.74) is -0.711. The minimum absolute atomic E-state index is 0.158. The van der Waals surface area contributed by atoms with Gasteiger partial charge < -0.3 is 0 Å². The van der Waals surface area contributed by atoms with Gasteiger partial charge in [-0.1, -0.05) is 0 Å². The second-order valence-electron chi connectivity index (χ2n) is 2.69. The standard InChI is InChI=1S/C5H7BrN2O2/c1-5(2)3(9)7-4(10)8(5)6/h1-2H3,(H,7,9,10)/p+1. The molecular weight excluding hydrogens is 200 g/mol. The Balaban J connectivity index is 2.96. The Hall–Kier alpha value is -0.420. The van der Waals surface area contributed by atoms with Crippen LogP contribution >= 0.6 is 16.1 Å². The molecule has 56 valence electrons. The van der Waals surface area contributed by atoms with Gasteiger partial charge in [-0.15, -0.1) is 0 Å². The van der Waals surface area contributed by atoms with E-state index in [1.807, 2.05) is 0 Å². The second-order valence-corrected chi connectivity index (χ2v) is 3.40. The molecule has 3 amide bonds. The van der Waals surface area contributed by atoms with Crippen molar-refractivity contribution in [2.75, 3.05) is 0 Å². The summed E-state index contributed by atoms with van der Waals surface area (Å²) in [6.07, 6.45) is 0. The van der Waals surface area contributed by atoms with E-state index in [4.69, 9.17) is 0 Å². The summed E-state index contributed by atoms with van der Waals surface area (Å²) in [7, 11) is 0. The monoisotopic (exact) mass is 207 g/mol. The summed E-state index contributed by atoms with van der Waals surface area (Å²) in [5.74, 6) is -0.158. The summed E-state index contributed by atoms with van der Waals surface area (Å²) in [6.45, 7) is 3.37. The highest BCUT2D eigenvalue weighted by molar-refractivity contribution is 9.07. The topological polar surface area (TPSA) is 54.0 Å². The molecule has 0 radical (unpaired) electrons. The number of halogens is 1. The molecule has 4 nitrogen and oxygen atoms in total. The highest BCUT2D eigenvalue weighted by atomic mass is 79.9. The molecule has 2 N–H and O–H groups in total. The normalized spacial score (nSPS) is 24.1. The number of hydrogen-bond acceptors (Lipinski definition) is 2. The summed E-state index contributed by atoms with van der Waals surface area (Å²) >= 11 is 3.00. The van der Waals surface area contributed by atoms with Crippen LogP contribution in [0.4, 0.5) is 4.79 Å². The van der Waals surface area contributed by atoms with Gasteiger partial charge in [-0.3, -0.25) is 0 Å². The first kappa shape index (κ1) is 7.68. The van der Waals surface area contributed by atoms with Crippen LogP contribution in [0.2, 0.25) is 0 Å². The molecule has 10 heavy (non-hydrogen) atoms. The summed E-state index contributed by atoms with van der Waals surface area (Å²) < 4.78 is 1.25. The number of primary amides is 2. The quantitative estimate of drug-likeness (QED) is 0.435. The molecule has 0 unspecified atom stereocenters. The average molecular weight is 208 g/mol. The van der Waals surface area contributed by atoms with Crippen LogP contribution in [0.5, 0.6) is 0 Å². The lowest BCUT2D eigenvalue weighted by molar-refractivity contribution is -0.461. The van der Waals surface area contributed by atoms with Gasteiger partial charge in [-0.05, 0) is 13.8 Å². The van der Waals surface area contributed by atoms with E-state index >= 15 is 0 Å². The van der Waals surface area contributed by atoms with Crippen molar-refractivity contribution in [3.05, 3.63) is 0 Å². The summed E-state index contributed by atoms with van der Waals surface area (Å²) in [6, 6.07) is -0.282. The largest absolute Gasteiger partial charge is 0.434 e. The first-order chi connectivity index (χ1) is 4.46. The lowest BCUT2D eigenvalue weighted by atomic mass is 10.1. The first-order valence-corrected chi connectivity index (χ1v) is 3.56. The maximum Gasteiger partial charge on any atom is 0.434 e. The molecular formula is C5H8BrN2O2+. The van der Waals surface area contributed by atoms with Gasteiger partial charge in [0.15, 0.2) is 5.54 Å². The minimum atomic E-state index is -0.711. The van der Waals surface area contributed by atoms with Gasteiger partial charge >= 0.3 is 11.9 Å². The molecule has 0 saturated carbocycles. The van der Waals surface area contributed by atoms with Gasteiger partial charge in [0.2, 0.25) is 0 Å². The van der Waals surface area contributed by atoms with Crippen LogP contribution in [-0.2, 0) is 4.79 Å². The smallest absolute Gasteiger partial charge is 0.228 e. The van der Waals surface area contributed by atoms with E-state index in [1.54, 1.807) is 13.8 Å². The molecule has 0 atom stereocenters. The number of nitrogens with two attached hydrogens (primary N) is 1. The summed E-state index contributed by atoms with van der Waals surface area (Å²) in [5, 5.41) is 1.09. The average Bonchev–Trinajstić information content (AvgIpc) is 1.97. The third kappa shape index (κ3) is 0.856. The number of rotatable bonds is 0. The number of quaternary nitrogens is 1. The molecule has 0 aliphatic carbocycles. The van der Waals surface area contributed by atoms with Gasteiger partial charge in [-0.25, -0.2) is 13.5 Å². The predicted octanol–water partition coefficient (Wildman–Crippen LogP) is -0.400. The molecule has 0 bridgehead atoms.